The van der Waals surface area contributed by atoms with Crippen molar-refractivity contribution >= 4 is 23.0 Å². The SMILES string of the molecule is COC(=O)c1ccc2c(C3CCCCC3)c3n(c2c1)C[C@@H](N(C)CCNC(=O)OC(C)(C)C)COc1c(OCc2ccccc2)cccc1-3. The number of carbonyl (C=O) groups excluding carboxylic acids is 2. The molecular formula is C40H49N3O6. The molecule has 0 saturated heterocycles. The van der Waals surface area contributed by atoms with Crippen LogP contribution in [0.2, 0.25) is 0 Å². The average molecular weight is 668 g/mol. The number of para-hydroxylation sites is 1. The number of hydrogen-bond acceptors (Lipinski definition) is 7. The van der Waals surface area contributed by atoms with Gasteiger partial charge in [-0.1, -0.05) is 61.7 Å². The lowest BCUT2D eigenvalue weighted by molar-refractivity contribution is 0.0516. The van der Waals surface area contributed by atoms with E-state index in [0.717, 1.165) is 46.3 Å². The van der Waals surface area contributed by atoms with Gasteiger partial charge in [0, 0.05) is 36.1 Å². The first kappa shape index (κ1) is 34.4. The van der Waals surface area contributed by atoms with Crippen molar-refractivity contribution in [2.75, 3.05) is 33.9 Å². The molecular weight excluding hydrogens is 618 g/mol. The first-order valence-electron chi connectivity index (χ1n) is 17.5. The molecule has 1 fully saturated rings. The van der Waals surface area contributed by atoms with E-state index in [1.54, 1.807) is 0 Å². The summed E-state index contributed by atoms with van der Waals surface area (Å²) in [7, 11) is 3.47. The van der Waals surface area contributed by atoms with Gasteiger partial charge in [-0.2, -0.15) is 0 Å². The van der Waals surface area contributed by atoms with Crippen molar-refractivity contribution in [1.82, 2.24) is 14.8 Å². The summed E-state index contributed by atoms with van der Waals surface area (Å²) in [6, 6.07) is 22.2. The molecule has 1 amide bonds. The van der Waals surface area contributed by atoms with Crippen LogP contribution in [0.3, 0.4) is 0 Å². The molecule has 1 aromatic heterocycles. The highest BCUT2D eigenvalue weighted by molar-refractivity contribution is 5.99. The fraction of sp³-hybridized carbons (Fsp3) is 0.450. The Morgan fingerprint density at radius 3 is 2.51 bits per heavy atom. The highest BCUT2D eigenvalue weighted by atomic mass is 16.6. The third kappa shape index (κ3) is 7.88. The molecule has 1 aliphatic carbocycles. The zero-order valence-electron chi connectivity index (χ0n) is 29.4. The van der Waals surface area contributed by atoms with Crippen LogP contribution in [-0.2, 0) is 22.6 Å². The average Bonchev–Trinajstić information content (AvgIpc) is 3.40. The van der Waals surface area contributed by atoms with E-state index in [1.165, 1.54) is 31.9 Å². The maximum absolute atomic E-state index is 12.8. The number of methoxy groups -OCH3 is 1. The maximum atomic E-state index is 12.8. The predicted molar refractivity (Wildman–Crippen MR) is 191 cm³/mol. The Kier molecular flexibility index (Phi) is 10.5. The maximum Gasteiger partial charge on any atom is 0.407 e. The minimum atomic E-state index is -0.567. The summed E-state index contributed by atoms with van der Waals surface area (Å²) >= 11 is 0. The molecule has 49 heavy (non-hydrogen) atoms. The van der Waals surface area contributed by atoms with Crippen LogP contribution in [0, 0.1) is 0 Å². The molecule has 0 radical (unpaired) electrons. The molecule has 0 bridgehead atoms. The number of benzene rings is 3. The van der Waals surface area contributed by atoms with E-state index in [9.17, 15) is 9.59 Å². The number of rotatable bonds is 9. The minimum absolute atomic E-state index is 0.0638. The summed E-state index contributed by atoms with van der Waals surface area (Å²) in [5, 5.41) is 4.05. The Morgan fingerprint density at radius 1 is 1.00 bits per heavy atom. The van der Waals surface area contributed by atoms with E-state index >= 15 is 0 Å². The Bertz CT molecular complexity index is 1770. The van der Waals surface area contributed by atoms with Crippen LogP contribution < -0.4 is 14.8 Å². The van der Waals surface area contributed by atoms with Crippen LogP contribution in [0.1, 0.15) is 80.3 Å². The lowest BCUT2D eigenvalue weighted by Gasteiger charge is -2.33. The smallest absolute Gasteiger partial charge is 0.407 e. The van der Waals surface area contributed by atoms with Crippen LogP contribution in [0.25, 0.3) is 22.2 Å². The summed E-state index contributed by atoms with van der Waals surface area (Å²) in [6.45, 7) is 8.01. The third-order valence-corrected chi connectivity index (χ3v) is 9.58. The van der Waals surface area contributed by atoms with Gasteiger partial charge in [0.15, 0.2) is 11.5 Å². The number of alkyl carbamates (subject to hydrolysis) is 1. The van der Waals surface area contributed by atoms with Gasteiger partial charge in [-0.3, -0.25) is 4.90 Å². The van der Waals surface area contributed by atoms with Crippen molar-refractivity contribution < 1.29 is 28.5 Å². The van der Waals surface area contributed by atoms with Gasteiger partial charge >= 0.3 is 12.1 Å². The van der Waals surface area contributed by atoms with Gasteiger partial charge in [-0.05, 0) is 82.0 Å². The van der Waals surface area contributed by atoms with Crippen molar-refractivity contribution in [1.29, 1.82) is 0 Å². The van der Waals surface area contributed by atoms with Crippen molar-refractivity contribution in [3.63, 3.8) is 0 Å². The molecule has 0 unspecified atom stereocenters. The topological polar surface area (TPSA) is 91.3 Å². The van der Waals surface area contributed by atoms with Crippen LogP contribution in [0.4, 0.5) is 4.79 Å². The first-order valence-corrected chi connectivity index (χ1v) is 17.5. The van der Waals surface area contributed by atoms with Crippen molar-refractivity contribution in [2.24, 2.45) is 0 Å². The molecule has 3 aromatic carbocycles. The Labute approximate surface area is 289 Å². The minimum Gasteiger partial charge on any atom is -0.487 e. The summed E-state index contributed by atoms with van der Waals surface area (Å²) < 4.78 is 26.3. The normalized spacial score (nSPS) is 16.6. The summed E-state index contributed by atoms with van der Waals surface area (Å²) in [5.74, 6) is 1.44. The molecule has 260 valence electrons. The lowest BCUT2D eigenvalue weighted by atomic mass is 9.81. The van der Waals surface area contributed by atoms with E-state index < -0.39 is 11.7 Å². The van der Waals surface area contributed by atoms with E-state index in [0.29, 0.717) is 50.1 Å². The van der Waals surface area contributed by atoms with E-state index in [-0.39, 0.29) is 12.0 Å². The molecule has 2 heterocycles. The molecule has 9 nitrogen and oxygen atoms in total. The van der Waals surface area contributed by atoms with Crippen molar-refractivity contribution in [2.45, 2.75) is 83.6 Å². The number of ether oxygens (including phenoxy) is 4. The van der Waals surface area contributed by atoms with Crippen molar-refractivity contribution in [3.8, 4) is 22.8 Å². The Balaban J connectivity index is 1.44. The molecule has 4 aromatic rings. The molecule has 1 aliphatic heterocycles. The van der Waals surface area contributed by atoms with Crippen LogP contribution in [0.5, 0.6) is 11.5 Å². The second-order valence-electron chi connectivity index (χ2n) is 14.2. The third-order valence-electron chi connectivity index (χ3n) is 9.58. The first-order chi connectivity index (χ1) is 23.6. The quantitative estimate of drug-likeness (QED) is 0.181. The monoisotopic (exact) mass is 667 g/mol. The number of likely N-dealkylation sites (N-methyl/N-ethyl adjacent to an activating group) is 1. The van der Waals surface area contributed by atoms with Gasteiger partial charge in [-0.15, -0.1) is 0 Å². The largest absolute Gasteiger partial charge is 0.487 e. The number of nitrogens with zero attached hydrogens (tertiary/aromatic N) is 2. The number of carbonyl (C=O) groups is 2. The van der Waals surface area contributed by atoms with Crippen LogP contribution >= 0.6 is 0 Å². The van der Waals surface area contributed by atoms with Crippen LogP contribution in [0.15, 0.2) is 66.7 Å². The lowest BCUT2D eigenvalue weighted by Crippen LogP contribution is -2.44. The molecule has 2 aliphatic rings. The van der Waals surface area contributed by atoms with Gasteiger partial charge in [0.2, 0.25) is 0 Å². The Hall–Kier alpha value is -4.50. The number of esters is 1. The molecule has 9 heteroatoms. The molecule has 1 atom stereocenters. The zero-order valence-corrected chi connectivity index (χ0v) is 29.4. The van der Waals surface area contributed by atoms with E-state index in [1.807, 2.05) is 63.2 Å². The van der Waals surface area contributed by atoms with Crippen LogP contribution in [-0.4, -0.2) is 67.0 Å². The van der Waals surface area contributed by atoms with E-state index in [2.05, 4.69) is 46.1 Å². The fourth-order valence-electron chi connectivity index (χ4n) is 7.15. The number of amides is 1. The Morgan fingerprint density at radius 2 is 1.78 bits per heavy atom. The van der Waals surface area contributed by atoms with E-state index in [4.69, 9.17) is 18.9 Å². The summed E-state index contributed by atoms with van der Waals surface area (Å²) in [6.07, 6.45) is 5.43. The molecule has 1 saturated carbocycles. The highest BCUT2D eigenvalue weighted by Crippen LogP contribution is 2.49. The van der Waals surface area contributed by atoms with Gasteiger partial charge in [0.05, 0.1) is 24.4 Å². The summed E-state index contributed by atoms with van der Waals surface area (Å²) in [4.78, 5) is 27.4. The zero-order chi connectivity index (χ0) is 34.5. The number of nitrogens with one attached hydrogen (secondary N) is 1. The highest BCUT2D eigenvalue weighted by Gasteiger charge is 2.33. The number of hydrogen-bond donors (Lipinski definition) is 1. The molecule has 0 spiro atoms. The number of fused-ring (bicyclic) bond motifs is 5. The van der Waals surface area contributed by atoms with Gasteiger partial charge in [0.1, 0.15) is 18.8 Å². The van der Waals surface area contributed by atoms with Gasteiger partial charge in [0.25, 0.3) is 0 Å². The predicted octanol–water partition coefficient (Wildman–Crippen LogP) is 7.94. The second-order valence-corrected chi connectivity index (χ2v) is 14.2. The second kappa shape index (κ2) is 14.9. The standard InChI is InChI=1S/C40H49N3O6/c1-40(2,3)49-39(45)41-21-22-42(4)30-24-43-33-23-29(38(44)46-5)19-20-31(33)35(28-15-10-7-11-16-28)36(43)32-17-12-18-34(37(32)48-26-30)47-25-27-13-8-6-9-14-27/h6,8-9,12-14,17-20,23,28,30H,7,10-11,15-16,21-22,24-26H2,1-5H3,(H,41,45)/t30-/m1/s1. The summed E-state index contributed by atoms with van der Waals surface area (Å²) in [5.41, 5.74) is 5.47. The van der Waals surface area contributed by atoms with Gasteiger partial charge in [-0.25, -0.2) is 9.59 Å². The fourth-order valence-corrected chi connectivity index (χ4v) is 7.15. The van der Waals surface area contributed by atoms with Crippen molar-refractivity contribution in [3.05, 3.63) is 83.4 Å². The molecule has 1 N–H and O–H groups in total. The molecule has 6 rings (SSSR count). The van der Waals surface area contributed by atoms with Gasteiger partial charge < -0.3 is 28.8 Å². The number of aromatic nitrogens is 1.